The van der Waals surface area contributed by atoms with Crippen LogP contribution in [0.3, 0.4) is 0 Å². The highest BCUT2D eigenvalue weighted by Crippen LogP contribution is 2.18. The van der Waals surface area contributed by atoms with Crippen LogP contribution in [0.15, 0.2) is 48.8 Å². The molecule has 0 bridgehead atoms. The third-order valence-electron chi connectivity index (χ3n) is 3.58. The molecule has 0 spiro atoms. The maximum absolute atomic E-state index is 11.4. The fraction of sp³-hybridized carbons (Fsp3) is 0.294. The van der Waals surface area contributed by atoms with Gasteiger partial charge in [-0.3, -0.25) is 9.78 Å². The number of aromatic nitrogens is 1. The molecular weight excluding hydrogens is 250 g/mol. The lowest BCUT2D eigenvalue weighted by Crippen LogP contribution is -2.18. The van der Waals surface area contributed by atoms with E-state index < -0.39 is 5.97 Å². The van der Waals surface area contributed by atoms with Gasteiger partial charge in [0.15, 0.2) is 0 Å². The molecule has 0 fully saturated rings. The summed E-state index contributed by atoms with van der Waals surface area (Å²) >= 11 is 0. The van der Waals surface area contributed by atoms with Gasteiger partial charge in [0.25, 0.3) is 0 Å². The molecule has 20 heavy (non-hydrogen) atoms. The molecule has 1 aromatic carbocycles. The maximum Gasteiger partial charge on any atom is 0.306 e. The topological polar surface area (TPSA) is 50.2 Å². The van der Waals surface area contributed by atoms with Crippen LogP contribution >= 0.6 is 0 Å². The van der Waals surface area contributed by atoms with E-state index in [9.17, 15) is 9.90 Å². The molecule has 0 aliphatic rings. The van der Waals surface area contributed by atoms with Gasteiger partial charge in [0.05, 0.1) is 5.92 Å². The number of aliphatic carboxylic acids is 1. The van der Waals surface area contributed by atoms with E-state index in [4.69, 9.17) is 0 Å². The van der Waals surface area contributed by atoms with E-state index in [2.05, 4.69) is 4.98 Å². The van der Waals surface area contributed by atoms with Crippen LogP contribution in [0.2, 0.25) is 0 Å². The van der Waals surface area contributed by atoms with Gasteiger partial charge in [-0.25, -0.2) is 0 Å². The number of benzene rings is 1. The van der Waals surface area contributed by atoms with Crippen LogP contribution in [0.4, 0.5) is 0 Å². The van der Waals surface area contributed by atoms with Gasteiger partial charge in [0.1, 0.15) is 0 Å². The van der Waals surface area contributed by atoms with Gasteiger partial charge in [-0.1, -0.05) is 30.3 Å². The monoisotopic (exact) mass is 269 g/mol. The lowest BCUT2D eigenvalue weighted by molar-refractivity contribution is -0.141. The van der Waals surface area contributed by atoms with Crippen LogP contribution < -0.4 is 0 Å². The third-order valence-corrected chi connectivity index (χ3v) is 3.58. The summed E-state index contributed by atoms with van der Waals surface area (Å²) in [7, 11) is 0. The minimum Gasteiger partial charge on any atom is -0.481 e. The summed E-state index contributed by atoms with van der Waals surface area (Å²) in [6, 6.07) is 11.8. The van der Waals surface area contributed by atoms with Crippen molar-refractivity contribution in [2.24, 2.45) is 5.92 Å². The van der Waals surface area contributed by atoms with Crippen molar-refractivity contribution in [2.45, 2.75) is 26.2 Å². The minimum absolute atomic E-state index is 0.351. The first-order valence-electron chi connectivity index (χ1n) is 6.83. The minimum atomic E-state index is -0.725. The van der Waals surface area contributed by atoms with Crippen molar-refractivity contribution in [3.8, 4) is 0 Å². The van der Waals surface area contributed by atoms with Gasteiger partial charge in [-0.15, -0.1) is 0 Å². The predicted molar refractivity (Wildman–Crippen MR) is 78.6 cm³/mol. The third kappa shape index (κ3) is 3.92. The zero-order valence-electron chi connectivity index (χ0n) is 11.6. The van der Waals surface area contributed by atoms with Crippen LogP contribution in [-0.4, -0.2) is 16.1 Å². The average Bonchev–Trinajstić information content (AvgIpc) is 2.46. The van der Waals surface area contributed by atoms with Crippen molar-refractivity contribution < 1.29 is 9.90 Å². The SMILES string of the molecule is Cc1ccccc1CC(CCc1cccnc1)C(=O)O. The lowest BCUT2D eigenvalue weighted by Gasteiger charge is -2.14. The van der Waals surface area contributed by atoms with E-state index in [-0.39, 0.29) is 5.92 Å². The van der Waals surface area contributed by atoms with Gasteiger partial charge in [0.2, 0.25) is 0 Å². The largest absolute Gasteiger partial charge is 0.481 e. The molecule has 1 heterocycles. The second-order valence-corrected chi connectivity index (χ2v) is 5.07. The Balaban J connectivity index is 2.01. The number of pyridine rings is 1. The first-order valence-corrected chi connectivity index (χ1v) is 6.83. The molecular formula is C17H19NO2. The van der Waals surface area contributed by atoms with Crippen molar-refractivity contribution in [3.05, 3.63) is 65.5 Å². The Morgan fingerprint density at radius 2 is 2.05 bits per heavy atom. The molecule has 0 aliphatic heterocycles. The molecule has 104 valence electrons. The van der Waals surface area contributed by atoms with Crippen molar-refractivity contribution in [3.63, 3.8) is 0 Å². The number of aryl methyl sites for hydroxylation is 2. The summed E-state index contributed by atoms with van der Waals surface area (Å²) in [5, 5.41) is 9.39. The van der Waals surface area contributed by atoms with Crippen LogP contribution in [0, 0.1) is 12.8 Å². The molecule has 3 nitrogen and oxygen atoms in total. The molecule has 0 aliphatic carbocycles. The summed E-state index contributed by atoms with van der Waals surface area (Å²) in [5.74, 6) is -1.08. The zero-order chi connectivity index (χ0) is 14.4. The second-order valence-electron chi connectivity index (χ2n) is 5.07. The van der Waals surface area contributed by atoms with E-state index in [1.54, 1.807) is 12.4 Å². The number of carboxylic acids is 1. The molecule has 0 saturated carbocycles. The smallest absolute Gasteiger partial charge is 0.306 e. The Kier molecular flexibility index (Phi) is 4.88. The van der Waals surface area contributed by atoms with Gasteiger partial charge in [0, 0.05) is 12.4 Å². The van der Waals surface area contributed by atoms with Crippen LogP contribution in [-0.2, 0) is 17.6 Å². The second kappa shape index (κ2) is 6.85. The van der Waals surface area contributed by atoms with Gasteiger partial charge in [-0.2, -0.15) is 0 Å². The highest BCUT2D eigenvalue weighted by Gasteiger charge is 2.18. The van der Waals surface area contributed by atoms with Gasteiger partial charge in [-0.05, 0) is 48.9 Å². The Labute approximate surface area is 119 Å². The van der Waals surface area contributed by atoms with Crippen molar-refractivity contribution in [1.82, 2.24) is 4.98 Å². The summed E-state index contributed by atoms with van der Waals surface area (Å²) in [6.07, 6.45) is 5.49. The zero-order valence-corrected chi connectivity index (χ0v) is 11.6. The first-order chi connectivity index (χ1) is 9.66. The number of nitrogens with zero attached hydrogens (tertiary/aromatic N) is 1. The maximum atomic E-state index is 11.4. The Hall–Kier alpha value is -2.16. The normalized spacial score (nSPS) is 12.1. The van der Waals surface area contributed by atoms with Crippen molar-refractivity contribution in [1.29, 1.82) is 0 Å². The summed E-state index contributed by atoms with van der Waals surface area (Å²) < 4.78 is 0. The summed E-state index contributed by atoms with van der Waals surface area (Å²) in [4.78, 5) is 15.5. The Morgan fingerprint density at radius 3 is 2.70 bits per heavy atom. The molecule has 3 heteroatoms. The number of hydrogen-bond donors (Lipinski definition) is 1. The molecule has 1 N–H and O–H groups in total. The molecule has 0 radical (unpaired) electrons. The van der Waals surface area contributed by atoms with Crippen LogP contribution in [0.25, 0.3) is 0 Å². The molecule has 0 amide bonds. The molecule has 2 rings (SSSR count). The Morgan fingerprint density at radius 1 is 1.25 bits per heavy atom. The van der Waals surface area contributed by atoms with Crippen molar-refractivity contribution >= 4 is 5.97 Å². The standard InChI is InChI=1S/C17H19NO2/c1-13-5-2-3-7-15(13)11-16(17(19)20)9-8-14-6-4-10-18-12-14/h2-7,10,12,16H,8-9,11H2,1H3,(H,19,20). The fourth-order valence-electron chi connectivity index (χ4n) is 2.30. The highest BCUT2D eigenvalue weighted by atomic mass is 16.4. The summed E-state index contributed by atoms with van der Waals surface area (Å²) in [5.41, 5.74) is 3.36. The van der Waals surface area contributed by atoms with Gasteiger partial charge >= 0.3 is 5.97 Å². The van der Waals surface area contributed by atoms with Gasteiger partial charge < -0.3 is 5.11 Å². The first kappa shape index (κ1) is 14.3. The quantitative estimate of drug-likeness (QED) is 0.875. The lowest BCUT2D eigenvalue weighted by atomic mass is 9.91. The molecule has 2 aromatic rings. The van der Waals surface area contributed by atoms with Crippen molar-refractivity contribution in [2.75, 3.05) is 0 Å². The van der Waals surface area contributed by atoms with E-state index >= 15 is 0 Å². The van der Waals surface area contributed by atoms with E-state index in [1.807, 2.05) is 43.3 Å². The number of hydrogen-bond acceptors (Lipinski definition) is 2. The molecule has 1 aromatic heterocycles. The van der Waals surface area contributed by atoms with Crippen LogP contribution in [0.5, 0.6) is 0 Å². The number of rotatable bonds is 6. The fourth-order valence-corrected chi connectivity index (χ4v) is 2.30. The predicted octanol–water partition coefficient (Wildman–Crippen LogP) is 3.27. The number of carboxylic acid groups (broad SMARTS) is 1. The van der Waals surface area contributed by atoms with E-state index in [0.29, 0.717) is 12.8 Å². The molecule has 1 unspecified atom stereocenters. The van der Waals surface area contributed by atoms with E-state index in [1.165, 1.54) is 0 Å². The number of carbonyl (C=O) groups is 1. The summed E-state index contributed by atoms with van der Waals surface area (Å²) in [6.45, 7) is 2.02. The van der Waals surface area contributed by atoms with Crippen LogP contribution in [0.1, 0.15) is 23.1 Å². The average molecular weight is 269 g/mol. The Bertz CT molecular complexity index is 566. The highest BCUT2D eigenvalue weighted by molar-refractivity contribution is 5.70. The molecule has 0 saturated heterocycles. The molecule has 1 atom stereocenters. The van der Waals surface area contributed by atoms with E-state index in [0.717, 1.165) is 23.1 Å².